The summed E-state index contributed by atoms with van der Waals surface area (Å²) in [6.07, 6.45) is 0.942. The van der Waals surface area contributed by atoms with Gasteiger partial charge in [0.1, 0.15) is 12.1 Å². The van der Waals surface area contributed by atoms with E-state index >= 15 is 0 Å². The molecule has 4 amide bonds. The summed E-state index contributed by atoms with van der Waals surface area (Å²) in [4.78, 5) is 52.3. The molecule has 1 aromatic rings. The Labute approximate surface area is 202 Å². The number of likely N-dealkylation sites (tertiary alicyclic amines) is 1. The van der Waals surface area contributed by atoms with Gasteiger partial charge in [-0.15, -0.1) is 5.10 Å². The summed E-state index contributed by atoms with van der Waals surface area (Å²) in [7, 11) is 1.63. The number of nitrogens with zero attached hydrogens (tertiary/aromatic N) is 6. The average molecular weight is 456 g/mol. The summed E-state index contributed by atoms with van der Waals surface area (Å²) >= 11 is 1.09. The second kappa shape index (κ2) is 8.07. The smallest absolute Gasteiger partial charge is 0.543 e. The van der Waals surface area contributed by atoms with Crippen LogP contribution in [0, 0.1) is 5.92 Å². The van der Waals surface area contributed by atoms with E-state index in [1.165, 1.54) is 14.5 Å². The standard InChI is InChI=1S/C16H18N8O5S.Na/c1-22-16(19-20-21-22)30-11-6-3-5-23(15(29)18-7-2-4-17-12(7)25)9-8(6)24(13(9)26)10(11)14(27)28;/h6-9H,2-5H2,1H3,(H,17,25)(H,18,29)(H,27,28);/q;+1/p-1/t6?,7-,8+,9-;/m0./s1. The Kier molecular flexibility index (Phi) is 5.74. The molecule has 0 spiro atoms. The van der Waals surface area contributed by atoms with Gasteiger partial charge in [-0.25, -0.2) is 9.48 Å². The molecule has 0 saturated carbocycles. The van der Waals surface area contributed by atoms with E-state index in [1.54, 1.807) is 7.05 Å². The first-order chi connectivity index (χ1) is 14.4. The number of rotatable bonds is 4. The van der Waals surface area contributed by atoms with Gasteiger partial charge in [0.05, 0.1) is 17.7 Å². The molecule has 31 heavy (non-hydrogen) atoms. The first-order valence-corrected chi connectivity index (χ1v) is 10.2. The zero-order valence-electron chi connectivity index (χ0n) is 16.8. The zero-order chi connectivity index (χ0) is 21.2. The molecule has 0 aromatic carbocycles. The molecular formula is C16H17N8NaO5S. The predicted octanol–water partition coefficient (Wildman–Crippen LogP) is -6.22. The number of aryl methyl sites for hydroxylation is 1. The Bertz CT molecular complexity index is 1010. The maximum absolute atomic E-state index is 12.8. The van der Waals surface area contributed by atoms with Crippen LogP contribution >= 0.6 is 11.8 Å². The van der Waals surface area contributed by atoms with E-state index < -0.39 is 36.0 Å². The number of urea groups is 1. The number of tetrazole rings is 1. The molecule has 4 aliphatic heterocycles. The third-order valence-corrected chi connectivity index (χ3v) is 7.18. The Balaban J connectivity index is 0.00000231. The molecule has 3 fully saturated rings. The number of nitrogens with one attached hydrogen (secondary N) is 2. The van der Waals surface area contributed by atoms with Crippen molar-refractivity contribution in [2.24, 2.45) is 13.0 Å². The number of amides is 4. The number of carbonyl (C=O) groups excluding carboxylic acids is 4. The number of aliphatic carboxylic acids is 1. The van der Waals surface area contributed by atoms with E-state index in [2.05, 4.69) is 26.2 Å². The van der Waals surface area contributed by atoms with E-state index in [0.29, 0.717) is 29.4 Å². The van der Waals surface area contributed by atoms with Gasteiger partial charge in [0, 0.05) is 31.0 Å². The van der Waals surface area contributed by atoms with Crippen molar-refractivity contribution in [1.82, 2.24) is 40.6 Å². The Morgan fingerprint density at radius 2 is 2.06 bits per heavy atom. The molecule has 1 aromatic heterocycles. The van der Waals surface area contributed by atoms with Gasteiger partial charge in [0.2, 0.25) is 11.1 Å². The summed E-state index contributed by atoms with van der Waals surface area (Å²) in [6, 6.07) is -2.39. The quantitative estimate of drug-likeness (QED) is 0.331. The van der Waals surface area contributed by atoms with Gasteiger partial charge < -0.3 is 30.3 Å². The molecule has 5 rings (SSSR count). The van der Waals surface area contributed by atoms with E-state index in [4.69, 9.17) is 0 Å². The Morgan fingerprint density at radius 3 is 2.68 bits per heavy atom. The van der Waals surface area contributed by atoms with Crippen LogP contribution in [0.1, 0.15) is 12.8 Å². The number of piperidine rings is 1. The minimum absolute atomic E-state index is 0. The fraction of sp³-hybridized carbons (Fsp3) is 0.562. The third-order valence-electron chi connectivity index (χ3n) is 5.94. The SMILES string of the molecule is Cn1nnnc1SC1=C(C(=O)[O-])N2C(=O)[C@@H]3[C@H]2C1CCN3C(=O)N[C@H]1CCNC1=O.[Na+]. The van der Waals surface area contributed by atoms with Crippen molar-refractivity contribution < 1.29 is 53.8 Å². The second-order valence-corrected chi connectivity index (χ2v) is 8.51. The summed E-state index contributed by atoms with van der Waals surface area (Å²) in [5, 5.41) is 28.7. The van der Waals surface area contributed by atoms with Crippen LogP contribution in [0.25, 0.3) is 0 Å². The van der Waals surface area contributed by atoms with Crippen molar-refractivity contribution >= 4 is 35.6 Å². The second-order valence-electron chi connectivity index (χ2n) is 7.50. The van der Waals surface area contributed by atoms with Crippen LogP contribution in [0.4, 0.5) is 4.79 Å². The normalized spacial score (nSPS) is 28.7. The molecule has 3 saturated heterocycles. The summed E-state index contributed by atoms with van der Waals surface area (Å²) in [6.45, 7) is 0.744. The van der Waals surface area contributed by atoms with Gasteiger partial charge >= 0.3 is 35.6 Å². The maximum Gasteiger partial charge on any atom is 1.00 e. The van der Waals surface area contributed by atoms with Crippen molar-refractivity contribution in [2.75, 3.05) is 13.1 Å². The van der Waals surface area contributed by atoms with Crippen LogP contribution in [0.3, 0.4) is 0 Å². The van der Waals surface area contributed by atoms with Gasteiger partial charge in [0.15, 0.2) is 0 Å². The maximum atomic E-state index is 12.8. The number of hydrogen-bond donors (Lipinski definition) is 2. The van der Waals surface area contributed by atoms with Gasteiger partial charge in [0.25, 0.3) is 5.91 Å². The molecule has 4 atom stereocenters. The fourth-order valence-electron chi connectivity index (χ4n) is 4.56. The number of thioether (sulfide) groups is 1. The van der Waals surface area contributed by atoms with Crippen molar-refractivity contribution in [3.8, 4) is 0 Å². The average Bonchev–Trinajstić information content (AvgIpc) is 3.39. The molecule has 4 aliphatic rings. The van der Waals surface area contributed by atoms with Gasteiger partial charge in [-0.05, 0) is 23.3 Å². The van der Waals surface area contributed by atoms with Crippen molar-refractivity contribution in [2.45, 2.75) is 36.1 Å². The molecule has 13 nitrogen and oxygen atoms in total. The monoisotopic (exact) mass is 456 g/mol. The first kappa shape index (κ1) is 22.0. The van der Waals surface area contributed by atoms with Gasteiger partial charge in [-0.1, -0.05) is 11.8 Å². The number of carbonyl (C=O) groups is 4. The Hall–Kier alpha value is -2.16. The van der Waals surface area contributed by atoms with Crippen LogP contribution in [-0.4, -0.2) is 85.0 Å². The minimum atomic E-state index is -1.45. The molecule has 2 N–H and O–H groups in total. The largest absolute Gasteiger partial charge is 1.00 e. The van der Waals surface area contributed by atoms with E-state index in [-0.39, 0.29) is 53.6 Å². The van der Waals surface area contributed by atoms with Gasteiger partial charge in [-0.2, -0.15) is 0 Å². The molecule has 1 unspecified atom stereocenters. The fourth-order valence-corrected chi connectivity index (χ4v) is 5.69. The van der Waals surface area contributed by atoms with Crippen LogP contribution in [0.5, 0.6) is 0 Å². The van der Waals surface area contributed by atoms with Crippen LogP contribution in [0.2, 0.25) is 0 Å². The molecular weight excluding hydrogens is 439 g/mol. The Morgan fingerprint density at radius 1 is 1.29 bits per heavy atom. The van der Waals surface area contributed by atoms with Crippen LogP contribution in [-0.2, 0) is 21.4 Å². The number of β-lactam (4-membered cyclic amide) rings is 1. The summed E-state index contributed by atoms with van der Waals surface area (Å²) < 4.78 is 1.41. The zero-order valence-corrected chi connectivity index (χ0v) is 19.6. The first-order valence-electron chi connectivity index (χ1n) is 9.42. The van der Waals surface area contributed by atoms with Gasteiger partial charge in [-0.3, -0.25) is 9.59 Å². The number of aromatic nitrogens is 4. The predicted molar refractivity (Wildman–Crippen MR) is 95.9 cm³/mol. The molecule has 15 heteroatoms. The molecule has 5 heterocycles. The molecule has 0 radical (unpaired) electrons. The number of hydrogen-bond acceptors (Lipinski definition) is 9. The minimum Gasteiger partial charge on any atom is -0.543 e. The van der Waals surface area contributed by atoms with E-state index in [1.807, 2.05) is 0 Å². The van der Waals surface area contributed by atoms with Crippen molar-refractivity contribution in [3.05, 3.63) is 10.6 Å². The van der Waals surface area contributed by atoms with E-state index in [9.17, 15) is 24.3 Å². The molecule has 0 bridgehead atoms. The van der Waals surface area contributed by atoms with Crippen LogP contribution < -0.4 is 45.3 Å². The number of carboxylic acid groups (broad SMARTS) is 1. The van der Waals surface area contributed by atoms with Crippen LogP contribution in [0.15, 0.2) is 15.8 Å². The third kappa shape index (κ3) is 3.32. The summed E-state index contributed by atoms with van der Waals surface area (Å²) in [5.41, 5.74) is -0.184. The van der Waals surface area contributed by atoms with E-state index in [0.717, 1.165) is 11.8 Å². The van der Waals surface area contributed by atoms with Crippen molar-refractivity contribution in [1.29, 1.82) is 0 Å². The van der Waals surface area contributed by atoms with Crippen molar-refractivity contribution in [3.63, 3.8) is 0 Å². The number of carboxylic acids is 1. The summed E-state index contributed by atoms with van der Waals surface area (Å²) in [5.74, 6) is -2.44. The topological polar surface area (TPSA) is 165 Å². The molecule has 0 aliphatic carbocycles. The molecule has 158 valence electrons.